The summed E-state index contributed by atoms with van der Waals surface area (Å²) in [5.74, 6) is -0.950. The molecule has 0 bridgehead atoms. The van der Waals surface area contributed by atoms with Crippen LogP contribution in [0.25, 0.3) is 0 Å². The van der Waals surface area contributed by atoms with Gasteiger partial charge in [0.15, 0.2) is 6.10 Å². The second-order valence-corrected chi connectivity index (χ2v) is 18.4. The van der Waals surface area contributed by atoms with E-state index >= 15 is 0 Å². The topological polar surface area (TPSA) is 78.9 Å². The molecule has 0 fully saturated rings. The molecule has 0 aliphatic rings. The summed E-state index contributed by atoms with van der Waals surface area (Å²) in [6, 6.07) is 0. The maximum atomic E-state index is 12.9. The first kappa shape index (κ1) is 66.6. The number of esters is 3. The summed E-state index contributed by atoms with van der Waals surface area (Å²) in [6.45, 7) is 6.26. The van der Waals surface area contributed by atoms with Crippen LogP contribution in [0.15, 0.2) is 134 Å². The predicted octanol–water partition coefficient (Wildman–Crippen LogP) is 19.4. The van der Waals surface area contributed by atoms with Crippen LogP contribution in [0.5, 0.6) is 0 Å². The average molecular weight is 982 g/mol. The van der Waals surface area contributed by atoms with Gasteiger partial charge in [0.25, 0.3) is 0 Å². The second kappa shape index (κ2) is 58.1. The fourth-order valence-corrected chi connectivity index (χ4v) is 7.44. The van der Waals surface area contributed by atoms with Crippen molar-refractivity contribution in [3.05, 3.63) is 134 Å². The van der Waals surface area contributed by atoms with E-state index in [9.17, 15) is 14.4 Å². The zero-order valence-corrected chi connectivity index (χ0v) is 45.7. The van der Waals surface area contributed by atoms with E-state index in [0.717, 1.165) is 173 Å². The van der Waals surface area contributed by atoms with Crippen molar-refractivity contribution in [2.24, 2.45) is 0 Å². The van der Waals surface area contributed by atoms with Gasteiger partial charge in [0.2, 0.25) is 0 Å². The highest BCUT2D eigenvalue weighted by atomic mass is 16.6. The summed E-state index contributed by atoms with van der Waals surface area (Å²) >= 11 is 0. The molecule has 0 aliphatic heterocycles. The largest absolute Gasteiger partial charge is 0.462 e. The summed E-state index contributed by atoms with van der Waals surface area (Å²) in [5.41, 5.74) is 0. The first-order valence-corrected chi connectivity index (χ1v) is 28.7. The Kier molecular flexibility index (Phi) is 54.5. The lowest BCUT2D eigenvalue weighted by Crippen LogP contribution is -2.30. The molecule has 0 heterocycles. The Labute approximate surface area is 436 Å². The normalized spacial score (nSPS) is 13.1. The minimum absolute atomic E-state index is 0.102. The molecule has 0 aromatic heterocycles. The van der Waals surface area contributed by atoms with Gasteiger partial charge in [-0.15, -0.1) is 0 Å². The van der Waals surface area contributed by atoms with Gasteiger partial charge >= 0.3 is 17.9 Å². The van der Waals surface area contributed by atoms with Gasteiger partial charge in [-0.3, -0.25) is 14.4 Å². The molecule has 0 saturated heterocycles. The van der Waals surface area contributed by atoms with Crippen LogP contribution >= 0.6 is 0 Å². The average Bonchev–Trinajstić information content (AvgIpc) is 3.37. The van der Waals surface area contributed by atoms with Crippen LogP contribution in [-0.4, -0.2) is 37.2 Å². The highest BCUT2D eigenvalue weighted by molar-refractivity contribution is 5.71. The zero-order chi connectivity index (χ0) is 51.4. The number of allylic oxidation sites excluding steroid dienone is 22. The van der Waals surface area contributed by atoms with E-state index in [1.54, 1.807) is 0 Å². The first-order chi connectivity index (χ1) is 35.0. The second-order valence-electron chi connectivity index (χ2n) is 18.4. The molecule has 6 heteroatoms. The van der Waals surface area contributed by atoms with Gasteiger partial charge in [0, 0.05) is 19.3 Å². The standard InChI is InChI=1S/C65H104O6/c1-4-7-10-13-16-19-22-25-28-30-31-32-33-35-37-40-43-46-49-52-55-58-64(67)70-61-62(60-69-63(66)57-54-51-48-45-42-39-36-27-24-21-18-15-12-9-6-3)71-65(68)59-56-53-50-47-44-41-38-34-29-26-23-20-17-14-11-8-5-2/h7-12,16-21,25-29,31-32,35-37,62H,4-6,13-15,22-24,30,33-34,38-61H2,1-3H3/b10-7-,11-8-,12-9-,19-16-,20-17-,21-18-,28-25-,29-26-,32-31-,36-27-,37-35-. The molecule has 0 saturated carbocycles. The van der Waals surface area contributed by atoms with Crippen LogP contribution in [0.4, 0.5) is 0 Å². The number of unbranched alkanes of at least 4 members (excludes halogenated alkanes) is 17. The van der Waals surface area contributed by atoms with Crippen LogP contribution in [0.2, 0.25) is 0 Å². The van der Waals surface area contributed by atoms with E-state index in [-0.39, 0.29) is 31.1 Å². The summed E-state index contributed by atoms with van der Waals surface area (Å²) < 4.78 is 16.8. The van der Waals surface area contributed by atoms with Crippen LogP contribution in [0, 0.1) is 0 Å². The molecule has 0 aromatic rings. The number of carbonyl (C=O) groups excluding carboxylic acids is 3. The molecular weight excluding hydrogens is 877 g/mol. The van der Waals surface area contributed by atoms with Gasteiger partial charge in [0.1, 0.15) is 13.2 Å². The quantitative estimate of drug-likeness (QED) is 0.0262. The van der Waals surface area contributed by atoms with Crippen LogP contribution in [0.1, 0.15) is 239 Å². The smallest absolute Gasteiger partial charge is 0.306 e. The van der Waals surface area contributed by atoms with Crippen molar-refractivity contribution in [2.75, 3.05) is 13.2 Å². The zero-order valence-electron chi connectivity index (χ0n) is 45.7. The SMILES string of the molecule is CC/C=C\C/C=C\C/C=C\C/C=C\C/C=C\CCCCCCCC(=O)OCC(COC(=O)CCCCCCC/C=C\C/C=C\C/C=C\CC)OC(=O)CCCCCCCCC/C=C\C/C=C\C/C=C\CC. The Morgan fingerprint density at radius 1 is 0.282 bits per heavy atom. The third-order valence-electron chi connectivity index (χ3n) is 11.6. The number of ether oxygens (including phenoxy) is 3. The number of rotatable bonds is 50. The fourth-order valence-electron chi connectivity index (χ4n) is 7.44. The number of carbonyl (C=O) groups is 3. The fraction of sp³-hybridized carbons (Fsp3) is 0.615. The minimum atomic E-state index is -0.805. The van der Waals surface area contributed by atoms with Crippen molar-refractivity contribution in [3.8, 4) is 0 Å². The Morgan fingerprint density at radius 2 is 0.507 bits per heavy atom. The lowest BCUT2D eigenvalue weighted by Gasteiger charge is -2.18. The lowest BCUT2D eigenvalue weighted by molar-refractivity contribution is -0.167. The van der Waals surface area contributed by atoms with E-state index in [0.29, 0.717) is 19.3 Å². The summed E-state index contributed by atoms with van der Waals surface area (Å²) in [5, 5.41) is 0. The van der Waals surface area contributed by atoms with Crippen molar-refractivity contribution >= 4 is 17.9 Å². The third kappa shape index (κ3) is 56.3. The maximum Gasteiger partial charge on any atom is 0.306 e. The van der Waals surface area contributed by atoms with E-state index in [1.807, 2.05) is 0 Å². The Bertz CT molecular complexity index is 1550. The third-order valence-corrected chi connectivity index (χ3v) is 11.6. The van der Waals surface area contributed by atoms with Gasteiger partial charge in [-0.2, -0.15) is 0 Å². The van der Waals surface area contributed by atoms with Crippen LogP contribution in [-0.2, 0) is 28.6 Å². The van der Waals surface area contributed by atoms with Gasteiger partial charge in [0.05, 0.1) is 0 Å². The molecule has 0 N–H and O–H groups in total. The van der Waals surface area contributed by atoms with E-state index in [1.165, 1.54) is 25.7 Å². The summed E-state index contributed by atoms with van der Waals surface area (Å²) in [4.78, 5) is 38.2. The van der Waals surface area contributed by atoms with Crippen LogP contribution < -0.4 is 0 Å². The molecule has 1 unspecified atom stereocenters. The molecule has 400 valence electrons. The van der Waals surface area contributed by atoms with E-state index in [4.69, 9.17) is 14.2 Å². The van der Waals surface area contributed by atoms with Crippen molar-refractivity contribution in [1.82, 2.24) is 0 Å². The van der Waals surface area contributed by atoms with Crippen molar-refractivity contribution < 1.29 is 28.6 Å². The molecule has 1 atom stereocenters. The summed E-state index contributed by atoms with van der Waals surface area (Å²) in [7, 11) is 0. The molecule has 0 rings (SSSR count). The minimum Gasteiger partial charge on any atom is -0.462 e. The first-order valence-electron chi connectivity index (χ1n) is 28.7. The molecule has 71 heavy (non-hydrogen) atoms. The Balaban J connectivity index is 4.48. The van der Waals surface area contributed by atoms with E-state index < -0.39 is 6.10 Å². The van der Waals surface area contributed by atoms with Crippen molar-refractivity contribution in [1.29, 1.82) is 0 Å². The highest BCUT2D eigenvalue weighted by Crippen LogP contribution is 2.14. The van der Waals surface area contributed by atoms with Crippen LogP contribution in [0.3, 0.4) is 0 Å². The van der Waals surface area contributed by atoms with Crippen molar-refractivity contribution in [3.63, 3.8) is 0 Å². The Hall–Kier alpha value is -4.45. The molecular formula is C65H104O6. The van der Waals surface area contributed by atoms with E-state index in [2.05, 4.69) is 154 Å². The number of hydrogen-bond acceptors (Lipinski definition) is 6. The Morgan fingerprint density at radius 3 is 0.789 bits per heavy atom. The molecule has 6 nitrogen and oxygen atoms in total. The molecule has 0 aromatic carbocycles. The van der Waals surface area contributed by atoms with Gasteiger partial charge in [-0.25, -0.2) is 0 Å². The highest BCUT2D eigenvalue weighted by Gasteiger charge is 2.19. The molecule has 0 radical (unpaired) electrons. The van der Waals surface area contributed by atoms with Gasteiger partial charge < -0.3 is 14.2 Å². The van der Waals surface area contributed by atoms with Gasteiger partial charge in [-0.1, -0.05) is 225 Å². The predicted molar refractivity (Wildman–Crippen MR) is 306 cm³/mol. The summed E-state index contributed by atoms with van der Waals surface area (Å²) in [6.07, 6.45) is 81.5. The molecule has 0 spiro atoms. The monoisotopic (exact) mass is 981 g/mol. The maximum absolute atomic E-state index is 12.9. The molecule has 0 amide bonds. The number of hydrogen-bond donors (Lipinski definition) is 0. The van der Waals surface area contributed by atoms with Crippen molar-refractivity contribution in [2.45, 2.75) is 245 Å². The lowest BCUT2D eigenvalue weighted by atomic mass is 10.1. The van der Waals surface area contributed by atoms with Gasteiger partial charge in [-0.05, 0) is 128 Å². The molecule has 0 aliphatic carbocycles.